The molecule has 1 atom stereocenters. The van der Waals surface area contributed by atoms with E-state index in [1.54, 1.807) is 7.11 Å². The van der Waals surface area contributed by atoms with Crippen molar-refractivity contribution in [2.75, 3.05) is 26.9 Å². The quantitative estimate of drug-likeness (QED) is 0.854. The third kappa shape index (κ3) is 3.08. The van der Waals surface area contributed by atoms with E-state index in [9.17, 15) is 0 Å². The van der Waals surface area contributed by atoms with Gasteiger partial charge >= 0.3 is 0 Å². The van der Waals surface area contributed by atoms with Crippen LogP contribution in [0.5, 0.6) is 0 Å². The number of nitrogens with one attached hydrogen (secondary N) is 1. The average Bonchev–Trinajstić information content (AvgIpc) is 2.88. The van der Waals surface area contributed by atoms with Crippen molar-refractivity contribution in [2.24, 2.45) is 0 Å². The Balaban J connectivity index is 1.86. The first-order valence-corrected chi connectivity index (χ1v) is 6.11. The number of benzene rings is 1. The van der Waals surface area contributed by atoms with Crippen LogP contribution in [0.1, 0.15) is 17.5 Å². The molecule has 1 aliphatic rings. The van der Waals surface area contributed by atoms with Gasteiger partial charge in [-0.1, -0.05) is 12.1 Å². The predicted molar refractivity (Wildman–Crippen MR) is 68.0 cm³/mol. The number of methoxy groups -OCH3 is 1. The van der Waals surface area contributed by atoms with Crippen LogP contribution >= 0.6 is 0 Å². The van der Waals surface area contributed by atoms with E-state index in [4.69, 9.17) is 14.7 Å². The number of nitriles is 1. The summed E-state index contributed by atoms with van der Waals surface area (Å²) >= 11 is 0. The molecule has 1 heterocycles. The molecule has 4 heteroatoms. The smallest absolute Gasteiger partial charge is 0.106 e. The zero-order chi connectivity index (χ0) is 12.8. The number of rotatable bonds is 5. The first kappa shape index (κ1) is 13.0. The fourth-order valence-corrected chi connectivity index (χ4v) is 2.15. The monoisotopic (exact) mass is 246 g/mol. The molecule has 0 spiro atoms. The van der Waals surface area contributed by atoms with E-state index in [1.165, 1.54) is 0 Å². The van der Waals surface area contributed by atoms with Crippen molar-refractivity contribution >= 4 is 0 Å². The lowest BCUT2D eigenvalue weighted by molar-refractivity contribution is -0.0159. The third-order valence-electron chi connectivity index (χ3n) is 3.33. The van der Waals surface area contributed by atoms with Crippen molar-refractivity contribution in [1.82, 2.24) is 5.32 Å². The molecule has 1 saturated heterocycles. The Hall–Kier alpha value is -1.41. The summed E-state index contributed by atoms with van der Waals surface area (Å²) in [6.07, 6.45) is 0.925. The molecule has 0 aromatic heterocycles. The summed E-state index contributed by atoms with van der Waals surface area (Å²) in [5.74, 6) is 0. The van der Waals surface area contributed by atoms with Gasteiger partial charge in [-0.15, -0.1) is 0 Å². The Morgan fingerprint density at radius 3 is 3.11 bits per heavy atom. The summed E-state index contributed by atoms with van der Waals surface area (Å²) in [5, 5.41) is 12.2. The Morgan fingerprint density at radius 1 is 1.56 bits per heavy atom. The van der Waals surface area contributed by atoms with Gasteiger partial charge in [0.15, 0.2) is 0 Å². The molecule has 1 N–H and O–H groups in total. The van der Waals surface area contributed by atoms with E-state index < -0.39 is 0 Å². The second-order valence-electron chi connectivity index (χ2n) is 4.61. The van der Waals surface area contributed by atoms with Crippen LogP contribution in [-0.4, -0.2) is 32.5 Å². The van der Waals surface area contributed by atoms with Crippen LogP contribution in [0.25, 0.3) is 0 Å². The summed E-state index contributed by atoms with van der Waals surface area (Å²) in [6, 6.07) is 9.77. The molecule has 1 fully saturated rings. The number of ether oxygens (including phenoxy) is 2. The molecule has 0 amide bonds. The Bertz CT molecular complexity index is 434. The molecule has 96 valence electrons. The van der Waals surface area contributed by atoms with Gasteiger partial charge in [0.05, 0.1) is 18.2 Å². The summed E-state index contributed by atoms with van der Waals surface area (Å²) < 4.78 is 10.9. The summed E-state index contributed by atoms with van der Waals surface area (Å²) in [5.41, 5.74) is 1.62. The lowest BCUT2D eigenvalue weighted by Crippen LogP contribution is -2.42. The maximum Gasteiger partial charge on any atom is 0.106 e. The van der Waals surface area contributed by atoms with Crippen LogP contribution in [-0.2, 0) is 16.0 Å². The fourth-order valence-electron chi connectivity index (χ4n) is 2.15. The molecule has 0 bridgehead atoms. The highest BCUT2D eigenvalue weighted by molar-refractivity contribution is 5.32. The van der Waals surface area contributed by atoms with Gasteiger partial charge in [-0.2, -0.15) is 5.26 Å². The maximum atomic E-state index is 8.83. The summed E-state index contributed by atoms with van der Waals surface area (Å²) in [4.78, 5) is 0. The highest BCUT2D eigenvalue weighted by atomic mass is 16.5. The molecular formula is C14H18N2O2. The molecule has 1 aromatic rings. The van der Waals surface area contributed by atoms with Crippen molar-refractivity contribution in [1.29, 1.82) is 5.26 Å². The molecule has 1 aromatic carbocycles. The van der Waals surface area contributed by atoms with Crippen LogP contribution in [0.15, 0.2) is 24.3 Å². The normalized spacial score (nSPS) is 22.9. The van der Waals surface area contributed by atoms with E-state index in [-0.39, 0.29) is 5.60 Å². The molecule has 0 aliphatic carbocycles. The molecule has 1 aliphatic heterocycles. The lowest BCUT2D eigenvalue weighted by Gasteiger charge is -2.26. The second-order valence-corrected chi connectivity index (χ2v) is 4.61. The topological polar surface area (TPSA) is 54.3 Å². The Labute approximate surface area is 108 Å². The van der Waals surface area contributed by atoms with E-state index in [2.05, 4.69) is 11.4 Å². The maximum absolute atomic E-state index is 8.83. The average molecular weight is 246 g/mol. The van der Waals surface area contributed by atoms with Gasteiger partial charge < -0.3 is 14.8 Å². The highest BCUT2D eigenvalue weighted by Crippen LogP contribution is 2.21. The van der Waals surface area contributed by atoms with Gasteiger partial charge in [-0.05, 0) is 17.7 Å². The van der Waals surface area contributed by atoms with Gasteiger partial charge in [0, 0.05) is 33.2 Å². The van der Waals surface area contributed by atoms with Gasteiger partial charge in [-0.25, -0.2) is 0 Å². The highest BCUT2D eigenvalue weighted by Gasteiger charge is 2.34. The largest absolute Gasteiger partial charge is 0.378 e. The van der Waals surface area contributed by atoms with Gasteiger partial charge in [0.25, 0.3) is 0 Å². The van der Waals surface area contributed by atoms with E-state index in [0.29, 0.717) is 12.2 Å². The minimum absolute atomic E-state index is 0.188. The van der Waals surface area contributed by atoms with Gasteiger partial charge in [0.2, 0.25) is 0 Å². The summed E-state index contributed by atoms with van der Waals surface area (Å²) in [6.45, 7) is 2.91. The van der Waals surface area contributed by atoms with Crippen molar-refractivity contribution in [3.63, 3.8) is 0 Å². The van der Waals surface area contributed by atoms with Crippen LogP contribution in [0.3, 0.4) is 0 Å². The Morgan fingerprint density at radius 2 is 2.44 bits per heavy atom. The molecular weight excluding hydrogens is 228 g/mol. The summed E-state index contributed by atoms with van der Waals surface area (Å²) in [7, 11) is 1.73. The van der Waals surface area contributed by atoms with E-state index in [1.807, 2.05) is 24.3 Å². The number of nitrogens with zero attached hydrogens (tertiary/aromatic N) is 1. The molecule has 0 saturated carbocycles. The first-order chi connectivity index (χ1) is 8.78. The zero-order valence-corrected chi connectivity index (χ0v) is 10.6. The van der Waals surface area contributed by atoms with Gasteiger partial charge in [0.1, 0.15) is 5.60 Å². The van der Waals surface area contributed by atoms with Crippen LogP contribution in [0, 0.1) is 11.3 Å². The SMILES string of the molecule is COC1(CNCc2cccc(C#N)c2)CCOC1. The van der Waals surface area contributed by atoms with Gasteiger partial charge in [-0.3, -0.25) is 0 Å². The van der Waals surface area contributed by atoms with E-state index >= 15 is 0 Å². The number of hydrogen-bond acceptors (Lipinski definition) is 4. The second kappa shape index (κ2) is 5.96. The third-order valence-corrected chi connectivity index (χ3v) is 3.33. The standard InChI is InChI=1S/C14H18N2O2/c1-17-14(5-6-18-11-14)10-16-9-13-4-2-3-12(7-13)8-15/h2-4,7,16H,5-6,9-11H2,1H3. The molecule has 4 nitrogen and oxygen atoms in total. The van der Waals surface area contributed by atoms with Crippen molar-refractivity contribution in [2.45, 2.75) is 18.6 Å². The van der Waals surface area contributed by atoms with Crippen molar-refractivity contribution < 1.29 is 9.47 Å². The van der Waals surface area contributed by atoms with Crippen molar-refractivity contribution in [3.8, 4) is 6.07 Å². The molecule has 18 heavy (non-hydrogen) atoms. The Kier molecular flexibility index (Phi) is 4.32. The molecule has 0 radical (unpaired) electrons. The number of hydrogen-bond donors (Lipinski definition) is 1. The minimum Gasteiger partial charge on any atom is -0.378 e. The van der Waals surface area contributed by atoms with Crippen molar-refractivity contribution in [3.05, 3.63) is 35.4 Å². The minimum atomic E-state index is -0.188. The zero-order valence-electron chi connectivity index (χ0n) is 10.6. The van der Waals surface area contributed by atoms with Crippen LogP contribution < -0.4 is 5.32 Å². The fraction of sp³-hybridized carbons (Fsp3) is 0.500. The van der Waals surface area contributed by atoms with Crippen LogP contribution in [0.4, 0.5) is 0 Å². The first-order valence-electron chi connectivity index (χ1n) is 6.11. The van der Waals surface area contributed by atoms with E-state index in [0.717, 1.165) is 31.7 Å². The van der Waals surface area contributed by atoms with Crippen LogP contribution in [0.2, 0.25) is 0 Å². The lowest BCUT2D eigenvalue weighted by atomic mass is 10.0. The predicted octanol–water partition coefficient (Wildman–Crippen LogP) is 1.45. The molecule has 2 rings (SSSR count). The molecule has 1 unspecified atom stereocenters.